The van der Waals surface area contributed by atoms with Crippen LogP contribution in [0.5, 0.6) is 5.75 Å². The highest BCUT2D eigenvalue weighted by Crippen LogP contribution is 2.52. The molecule has 4 aromatic carbocycles. The van der Waals surface area contributed by atoms with Crippen molar-refractivity contribution in [1.82, 2.24) is 0 Å². The Morgan fingerprint density at radius 2 is 1.48 bits per heavy atom. The van der Waals surface area contributed by atoms with Gasteiger partial charge in [-0.25, -0.2) is 0 Å². The number of benzene rings is 4. The zero-order valence-corrected chi connectivity index (χ0v) is 19.1. The van der Waals surface area contributed by atoms with Crippen molar-refractivity contribution in [2.75, 3.05) is 0 Å². The molecular formula is C31H28O2. The van der Waals surface area contributed by atoms with E-state index in [-0.39, 0.29) is 23.4 Å². The van der Waals surface area contributed by atoms with Crippen LogP contribution in [0.2, 0.25) is 0 Å². The van der Waals surface area contributed by atoms with E-state index in [9.17, 15) is 4.79 Å². The van der Waals surface area contributed by atoms with Gasteiger partial charge < -0.3 is 4.74 Å². The van der Waals surface area contributed by atoms with Gasteiger partial charge in [0.25, 0.3) is 0 Å². The molecule has 1 aliphatic carbocycles. The Labute approximate surface area is 195 Å². The van der Waals surface area contributed by atoms with Crippen LogP contribution < -0.4 is 4.74 Å². The van der Waals surface area contributed by atoms with Gasteiger partial charge in [-0.3, -0.25) is 4.79 Å². The molecular weight excluding hydrogens is 404 g/mol. The summed E-state index contributed by atoms with van der Waals surface area (Å²) in [6, 6.07) is 32.0. The molecule has 0 saturated heterocycles. The average Bonchev–Trinajstić information content (AvgIpc) is 2.82. The summed E-state index contributed by atoms with van der Waals surface area (Å²) in [5, 5.41) is 2.37. The topological polar surface area (TPSA) is 26.3 Å². The maximum Gasteiger partial charge on any atom is 0.141 e. The molecule has 3 atom stereocenters. The number of hydrogen-bond donors (Lipinski definition) is 0. The summed E-state index contributed by atoms with van der Waals surface area (Å²) in [4.78, 5) is 13.6. The first-order valence-corrected chi connectivity index (χ1v) is 11.9. The van der Waals surface area contributed by atoms with Crippen LogP contribution in [0.3, 0.4) is 0 Å². The third kappa shape index (κ3) is 3.45. The van der Waals surface area contributed by atoms with Crippen molar-refractivity contribution in [2.24, 2.45) is 11.3 Å². The van der Waals surface area contributed by atoms with Crippen molar-refractivity contribution in [2.45, 2.75) is 38.7 Å². The number of ketones is 1. The summed E-state index contributed by atoms with van der Waals surface area (Å²) in [6.45, 7) is 4.37. The quantitative estimate of drug-likeness (QED) is 0.330. The molecule has 3 unspecified atom stereocenters. The number of fused-ring (bicyclic) bond motifs is 4. The van der Waals surface area contributed by atoms with Gasteiger partial charge in [0.15, 0.2) is 0 Å². The highest BCUT2D eigenvalue weighted by Gasteiger charge is 2.50. The largest absolute Gasteiger partial charge is 0.489 e. The van der Waals surface area contributed by atoms with Crippen LogP contribution in [-0.2, 0) is 4.79 Å². The Kier molecular flexibility index (Phi) is 4.65. The van der Waals surface area contributed by atoms with Crippen LogP contribution in [0.4, 0.5) is 0 Å². The third-order valence-electron chi connectivity index (χ3n) is 7.43. The first kappa shape index (κ1) is 20.2. The predicted molar refractivity (Wildman–Crippen MR) is 134 cm³/mol. The maximum atomic E-state index is 13.6. The van der Waals surface area contributed by atoms with Crippen LogP contribution in [0, 0.1) is 11.3 Å². The highest BCUT2D eigenvalue weighted by atomic mass is 16.5. The van der Waals surface area contributed by atoms with Gasteiger partial charge in [-0.05, 0) is 45.4 Å². The summed E-state index contributed by atoms with van der Waals surface area (Å²) in [5.74, 6) is 1.10. The second-order valence-electron chi connectivity index (χ2n) is 10.4. The van der Waals surface area contributed by atoms with Crippen molar-refractivity contribution in [1.29, 1.82) is 0 Å². The summed E-state index contributed by atoms with van der Waals surface area (Å²) in [7, 11) is 0. The number of carbonyl (C=O) groups is 1. The van der Waals surface area contributed by atoms with Gasteiger partial charge in [-0.1, -0.05) is 98.8 Å². The van der Waals surface area contributed by atoms with E-state index >= 15 is 0 Å². The Bertz CT molecular complexity index is 1330. The molecule has 0 N–H and O–H groups in total. The van der Waals surface area contributed by atoms with Crippen LogP contribution in [0.25, 0.3) is 21.9 Å². The van der Waals surface area contributed by atoms with Gasteiger partial charge in [0.2, 0.25) is 0 Å². The van der Waals surface area contributed by atoms with Gasteiger partial charge in [-0.15, -0.1) is 0 Å². The van der Waals surface area contributed by atoms with Gasteiger partial charge in [0, 0.05) is 17.9 Å². The molecule has 33 heavy (non-hydrogen) atoms. The third-order valence-corrected chi connectivity index (χ3v) is 7.43. The summed E-state index contributed by atoms with van der Waals surface area (Å²) in [5.41, 5.74) is 4.72. The van der Waals surface area contributed by atoms with E-state index in [0.717, 1.165) is 17.7 Å². The van der Waals surface area contributed by atoms with Gasteiger partial charge in [-0.2, -0.15) is 0 Å². The Morgan fingerprint density at radius 3 is 2.27 bits per heavy atom. The van der Waals surface area contributed by atoms with Gasteiger partial charge in [0.1, 0.15) is 17.6 Å². The number of hydrogen-bond acceptors (Lipinski definition) is 2. The fourth-order valence-corrected chi connectivity index (χ4v) is 5.99. The standard InChI is InChI=1S/C31H28O2/c1-31(2)18-25(32)30-27(19-31)33-26-17-16-22-10-6-7-11-24(22)29(26)28(30)23-14-12-21(13-15-23)20-8-4-3-5-9-20/h3-17,27-28,30H,18-19H2,1-2H3. The maximum absolute atomic E-state index is 13.6. The van der Waals surface area contributed by atoms with Crippen molar-refractivity contribution < 1.29 is 9.53 Å². The van der Waals surface area contributed by atoms with E-state index in [1.54, 1.807) is 0 Å². The number of ether oxygens (including phenoxy) is 1. The van der Waals surface area contributed by atoms with Crippen molar-refractivity contribution in [3.05, 3.63) is 102 Å². The Morgan fingerprint density at radius 1 is 0.788 bits per heavy atom. The minimum Gasteiger partial charge on any atom is -0.489 e. The van der Waals surface area contributed by atoms with E-state index in [4.69, 9.17) is 4.74 Å². The zero-order valence-electron chi connectivity index (χ0n) is 19.1. The lowest BCUT2D eigenvalue weighted by Crippen LogP contribution is -2.48. The molecule has 2 aliphatic rings. The smallest absolute Gasteiger partial charge is 0.141 e. The zero-order chi connectivity index (χ0) is 22.6. The molecule has 1 aliphatic heterocycles. The summed E-state index contributed by atoms with van der Waals surface area (Å²) in [6.07, 6.45) is 1.42. The van der Waals surface area contributed by atoms with Crippen LogP contribution in [0.1, 0.15) is 43.7 Å². The molecule has 1 saturated carbocycles. The number of Topliss-reactive ketones (excluding diaryl/α,β-unsaturated/α-hetero) is 1. The first-order valence-electron chi connectivity index (χ1n) is 11.9. The van der Waals surface area contributed by atoms with E-state index in [1.165, 1.54) is 27.5 Å². The first-order chi connectivity index (χ1) is 16.0. The fourth-order valence-electron chi connectivity index (χ4n) is 5.99. The predicted octanol–water partition coefficient (Wildman–Crippen LogP) is 7.41. The lowest BCUT2D eigenvalue weighted by molar-refractivity contribution is -0.135. The lowest BCUT2D eigenvalue weighted by atomic mass is 9.63. The molecule has 6 rings (SSSR count). The molecule has 4 aromatic rings. The van der Waals surface area contributed by atoms with E-state index in [2.05, 4.69) is 98.8 Å². The molecule has 2 heteroatoms. The molecule has 0 radical (unpaired) electrons. The molecule has 164 valence electrons. The summed E-state index contributed by atoms with van der Waals surface area (Å²) >= 11 is 0. The van der Waals surface area contributed by atoms with Crippen molar-refractivity contribution in [3.8, 4) is 16.9 Å². The molecule has 1 heterocycles. The summed E-state index contributed by atoms with van der Waals surface area (Å²) < 4.78 is 6.57. The molecule has 2 nitrogen and oxygen atoms in total. The normalized spacial score (nSPS) is 23.5. The second-order valence-corrected chi connectivity index (χ2v) is 10.4. The fraction of sp³-hybridized carbons (Fsp3) is 0.258. The van der Waals surface area contributed by atoms with Crippen LogP contribution in [0.15, 0.2) is 91.0 Å². The van der Waals surface area contributed by atoms with E-state index in [1.807, 2.05) is 6.07 Å². The van der Waals surface area contributed by atoms with E-state index < -0.39 is 0 Å². The Balaban J connectivity index is 1.53. The minimum atomic E-state index is -0.154. The monoisotopic (exact) mass is 432 g/mol. The SMILES string of the molecule is CC1(C)CC(=O)C2C(C1)Oc1ccc3ccccc3c1C2c1ccc(-c2ccccc2)cc1. The van der Waals surface area contributed by atoms with E-state index in [0.29, 0.717) is 12.2 Å². The minimum absolute atomic E-state index is 0.00160. The molecule has 1 fully saturated rings. The molecule has 0 amide bonds. The van der Waals surface area contributed by atoms with Gasteiger partial charge in [0.05, 0.1) is 5.92 Å². The number of carbonyl (C=O) groups excluding carboxylic acids is 1. The highest BCUT2D eigenvalue weighted by molar-refractivity contribution is 5.92. The van der Waals surface area contributed by atoms with Gasteiger partial charge >= 0.3 is 0 Å². The van der Waals surface area contributed by atoms with Crippen LogP contribution in [-0.4, -0.2) is 11.9 Å². The lowest BCUT2D eigenvalue weighted by Gasteiger charge is -2.46. The number of rotatable bonds is 2. The Hall–Kier alpha value is -3.39. The molecule has 0 aromatic heterocycles. The molecule has 0 bridgehead atoms. The molecule has 0 spiro atoms. The average molecular weight is 433 g/mol. The van der Waals surface area contributed by atoms with Crippen LogP contribution >= 0.6 is 0 Å². The van der Waals surface area contributed by atoms with Crippen molar-refractivity contribution in [3.63, 3.8) is 0 Å². The second kappa shape index (κ2) is 7.59. The van der Waals surface area contributed by atoms with Crippen molar-refractivity contribution >= 4 is 16.6 Å².